The first kappa shape index (κ1) is 24.7. The molecule has 1 atom stereocenters. The third-order valence-corrected chi connectivity index (χ3v) is 8.59. The van der Waals surface area contributed by atoms with Gasteiger partial charge in [0, 0.05) is 33.6 Å². The van der Waals surface area contributed by atoms with Crippen LogP contribution in [0.15, 0.2) is 29.4 Å². The van der Waals surface area contributed by atoms with Crippen molar-refractivity contribution in [1.82, 2.24) is 10.2 Å². The van der Waals surface area contributed by atoms with Crippen LogP contribution >= 0.6 is 34.5 Å². The van der Waals surface area contributed by atoms with E-state index in [9.17, 15) is 18.0 Å². The van der Waals surface area contributed by atoms with Gasteiger partial charge in [-0.2, -0.15) is 13.2 Å². The van der Waals surface area contributed by atoms with Gasteiger partial charge in [-0.25, -0.2) is 0 Å². The van der Waals surface area contributed by atoms with Crippen molar-refractivity contribution in [3.8, 4) is 0 Å². The van der Waals surface area contributed by atoms with Crippen molar-refractivity contribution in [3.63, 3.8) is 0 Å². The lowest BCUT2D eigenvalue weighted by atomic mass is 9.89. The fourth-order valence-corrected chi connectivity index (χ4v) is 6.72. The summed E-state index contributed by atoms with van der Waals surface area (Å²) in [5, 5.41) is 7.01. The fourth-order valence-electron chi connectivity index (χ4n) is 5.08. The second kappa shape index (κ2) is 9.48. The van der Waals surface area contributed by atoms with Crippen LogP contribution in [0, 0.1) is 5.92 Å². The molecule has 3 aliphatic rings. The molecule has 5 rings (SSSR count). The minimum atomic E-state index is -4.74. The van der Waals surface area contributed by atoms with Gasteiger partial charge in [0.15, 0.2) is 0 Å². The number of amides is 1. The largest absolute Gasteiger partial charge is 0.435 e. The van der Waals surface area contributed by atoms with E-state index in [1.165, 1.54) is 55.2 Å². The lowest BCUT2D eigenvalue weighted by Gasteiger charge is -2.30. The normalized spacial score (nSPS) is 22.3. The van der Waals surface area contributed by atoms with Gasteiger partial charge in [-0.1, -0.05) is 54.0 Å². The van der Waals surface area contributed by atoms with Crippen LogP contribution in [0.25, 0.3) is 0 Å². The molecule has 0 radical (unpaired) electrons. The zero-order valence-corrected chi connectivity index (χ0v) is 21.1. The molecule has 0 bridgehead atoms. The standard InChI is InChI=1S/C24H24Cl2F3N3O2S/c25-17-8-16(9-18(26)10-17)23(24(27,28)29)11-21(31-34-23)32-12-15-7-19(35-20(15)13-32)22(33)30-6-5-14-3-1-2-4-14/h7-10,14H,1-6,11-13H2,(H,30,33). The van der Waals surface area contributed by atoms with Gasteiger partial charge < -0.3 is 15.1 Å². The van der Waals surface area contributed by atoms with Crippen LogP contribution in [0.4, 0.5) is 13.2 Å². The van der Waals surface area contributed by atoms with Gasteiger partial charge in [-0.15, -0.1) is 11.3 Å². The first-order valence-electron chi connectivity index (χ1n) is 11.6. The molecule has 0 spiro atoms. The number of fused-ring (bicyclic) bond motifs is 1. The second-order valence-electron chi connectivity index (χ2n) is 9.37. The number of carbonyl (C=O) groups is 1. The van der Waals surface area contributed by atoms with E-state index in [0.29, 0.717) is 30.4 Å². The Morgan fingerprint density at radius 2 is 1.89 bits per heavy atom. The number of hydrogen-bond acceptors (Lipinski definition) is 5. The number of rotatable bonds is 5. The summed E-state index contributed by atoms with van der Waals surface area (Å²) in [7, 11) is 0. The highest BCUT2D eigenvalue weighted by atomic mass is 35.5. The van der Waals surface area contributed by atoms with Gasteiger partial charge >= 0.3 is 6.18 Å². The number of carbonyl (C=O) groups excluding carboxylic acids is 1. The molecule has 0 saturated heterocycles. The topological polar surface area (TPSA) is 53.9 Å². The van der Waals surface area contributed by atoms with E-state index >= 15 is 0 Å². The van der Waals surface area contributed by atoms with Crippen molar-refractivity contribution in [1.29, 1.82) is 0 Å². The minimum absolute atomic E-state index is 0.0885. The maximum absolute atomic E-state index is 14.2. The molecule has 1 aromatic heterocycles. The van der Waals surface area contributed by atoms with Crippen molar-refractivity contribution in [3.05, 3.63) is 55.2 Å². The SMILES string of the molecule is O=C(NCCC1CCCC1)c1cc2c(s1)CN(C1=NOC(c3cc(Cl)cc(Cl)c3)(C(F)(F)F)C1)C2. The summed E-state index contributed by atoms with van der Waals surface area (Å²) in [6, 6.07) is 5.61. The molecule has 1 amide bonds. The zero-order valence-electron chi connectivity index (χ0n) is 18.8. The summed E-state index contributed by atoms with van der Waals surface area (Å²) in [5.41, 5.74) is -1.92. The van der Waals surface area contributed by atoms with Crippen molar-refractivity contribution < 1.29 is 22.8 Å². The van der Waals surface area contributed by atoms with E-state index in [1.54, 1.807) is 4.90 Å². The van der Waals surface area contributed by atoms with Crippen molar-refractivity contribution >= 4 is 46.3 Å². The van der Waals surface area contributed by atoms with Crippen LogP contribution in [0.1, 0.15) is 64.2 Å². The molecule has 3 heterocycles. The molecule has 11 heteroatoms. The highest BCUT2D eigenvalue weighted by Crippen LogP contribution is 2.50. The Bertz CT molecular complexity index is 1120. The number of nitrogens with zero attached hydrogens (tertiary/aromatic N) is 2. The molecule has 5 nitrogen and oxygen atoms in total. The summed E-state index contributed by atoms with van der Waals surface area (Å²) >= 11 is 13.3. The third kappa shape index (κ3) is 4.87. The van der Waals surface area contributed by atoms with Gasteiger partial charge in [0.1, 0.15) is 5.84 Å². The van der Waals surface area contributed by atoms with Gasteiger partial charge in [0.05, 0.1) is 17.8 Å². The summed E-state index contributed by atoms with van der Waals surface area (Å²) in [6.45, 7) is 1.41. The highest BCUT2D eigenvalue weighted by Gasteiger charge is 2.63. The van der Waals surface area contributed by atoms with E-state index in [2.05, 4.69) is 10.5 Å². The van der Waals surface area contributed by atoms with Crippen molar-refractivity contribution in [2.24, 2.45) is 11.1 Å². The average molecular weight is 546 g/mol. The van der Waals surface area contributed by atoms with Crippen LogP contribution < -0.4 is 5.32 Å². The van der Waals surface area contributed by atoms with Crippen LogP contribution in [-0.2, 0) is 23.5 Å². The molecule has 1 N–H and O–H groups in total. The molecule has 2 aromatic rings. The number of alkyl halides is 3. The Morgan fingerprint density at radius 1 is 1.17 bits per heavy atom. The third-order valence-electron chi connectivity index (χ3n) is 6.99. The smallest absolute Gasteiger partial charge is 0.372 e. The first-order chi connectivity index (χ1) is 16.6. The number of amidine groups is 1. The quantitative estimate of drug-likeness (QED) is 0.445. The van der Waals surface area contributed by atoms with E-state index in [-0.39, 0.29) is 27.4 Å². The molecule has 188 valence electrons. The van der Waals surface area contributed by atoms with Crippen molar-refractivity contribution in [2.75, 3.05) is 6.54 Å². The number of nitrogens with one attached hydrogen (secondary N) is 1. The number of halogens is 5. The Morgan fingerprint density at radius 3 is 2.54 bits per heavy atom. The summed E-state index contributed by atoms with van der Waals surface area (Å²) in [5.74, 6) is 0.812. The Kier molecular flexibility index (Phi) is 6.70. The number of thiophene rings is 1. The number of benzene rings is 1. The van der Waals surface area contributed by atoms with Crippen molar-refractivity contribution in [2.45, 2.75) is 63.4 Å². The predicted octanol–water partition coefficient (Wildman–Crippen LogP) is 6.87. The first-order valence-corrected chi connectivity index (χ1v) is 13.1. The summed E-state index contributed by atoms with van der Waals surface area (Å²) in [6.07, 6.45) is 0.819. The number of hydrogen-bond donors (Lipinski definition) is 1. The van der Waals surface area contributed by atoms with Gasteiger partial charge in [-0.05, 0) is 42.2 Å². The summed E-state index contributed by atoms with van der Waals surface area (Å²) < 4.78 is 42.7. The summed E-state index contributed by atoms with van der Waals surface area (Å²) in [4.78, 5) is 21.0. The van der Waals surface area contributed by atoms with Crippen LogP contribution in [0.2, 0.25) is 10.0 Å². The Hall–Kier alpha value is -1.97. The van der Waals surface area contributed by atoms with Crippen LogP contribution in [0.5, 0.6) is 0 Å². The fraction of sp³-hybridized carbons (Fsp3) is 0.500. The molecule has 1 saturated carbocycles. The van der Waals surface area contributed by atoms with E-state index in [1.807, 2.05) is 6.07 Å². The molecule has 1 aliphatic carbocycles. The zero-order chi connectivity index (χ0) is 24.8. The van der Waals surface area contributed by atoms with Gasteiger partial charge in [-0.3, -0.25) is 4.79 Å². The molecular weight excluding hydrogens is 522 g/mol. The van der Waals surface area contributed by atoms with Gasteiger partial charge in [0.2, 0.25) is 0 Å². The average Bonchev–Trinajstić information content (AvgIpc) is 3.54. The highest BCUT2D eigenvalue weighted by molar-refractivity contribution is 7.14. The molecule has 2 aliphatic heterocycles. The predicted molar refractivity (Wildman–Crippen MR) is 130 cm³/mol. The monoisotopic (exact) mass is 545 g/mol. The maximum Gasteiger partial charge on any atom is 0.435 e. The minimum Gasteiger partial charge on any atom is -0.372 e. The molecule has 1 unspecified atom stereocenters. The molecule has 35 heavy (non-hydrogen) atoms. The van der Waals surface area contributed by atoms with E-state index < -0.39 is 18.2 Å². The second-order valence-corrected chi connectivity index (χ2v) is 11.4. The van der Waals surface area contributed by atoms with E-state index in [0.717, 1.165) is 16.9 Å². The van der Waals surface area contributed by atoms with Crippen LogP contribution in [0.3, 0.4) is 0 Å². The van der Waals surface area contributed by atoms with Crippen LogP contribution in [-0.4, -0.2) is 29.4 Å². The lowest BCUT2D eigenvalue weighted by molar-refractivity contribution is -0.275. The Balaban J connectivity index is 1.24. The lowest BCUT2D eigenvalue weighted by Crippen LogP contribution is -2.43. The molecule has 1 fully saturated rings. The maximum atomic E-state index is 14.2. The molecule has 1 aromatic carbocycles. The van der Waals surface area contributed by atoms with E-state index in [4.69, 9.17) is 28.0 Å². The number of oxime groups is 1. The Labute approximate surface area is 215 Å². The molecular formula is C24H24Cl2F3N3O2S. The van der Waals surface area contributed by atoms with Gasteiger partial charge in [0.25, 0.3) is 11.5 Å².